The first-order valence-electron chi connectivity index (χ1n) is 8.45. The van der Waals surface area contributed by atoms with Crippen LogP contribution < -0.4 is 10.2 Å². The predicted molar refractivity (Wildman–Crippen MR) is 99.9 cm³/mol. The SMILES string of the molecule is CCCNC(=O)c1cnc(-c2ccc(N3CCN(C)CC3)cc2)s1. The molecule has 0 unspecified atom stereocenters. The fourth-order valence-corrected chi connectivity index (χ4v) is 3.56. The first kappa shape index (κ1) is 16.9. The molecule has 1 aliphatic rings. The van der Waals surface area contributed by atoms with Crippen molar-refractivity contribution >= 4 is 22.9 Å². The molecule has 1 aliphatic heterocycles. The molecule has 0 radical (unpaired) electrons. The molecule has 5 nitrogen and oxygen atoms in total. The number of likely N-dealkylation sites (N-methyl/N-ethyl adjacent to an activating group) is 1. The number of nitrogens with one attached hydrogen (secondary N) is 1. The number of rotatable bonds is 5. The highest BCUT2D eigenvalue weighted by Gasteiger charge is 2.15. The average molecular weight is 344 g/mol. The van der Waals surface area contributed by atoms with E-state index in [1.165, 1.54) is 17.0 Å². The summed E-state index contributed by atoms with van der Waals surface area (Å²) in [4.78, 5) is 21.8. The lowest BCUT2D eigenvalue weighted by atomic mass is 10.2. The van der Waals surface area contributed by atoms with Gasteiger partial charge >= 0.3 is 0 Å². The lowest BCUT2D eigenvalue weighted by Gasteiger charge is -2.34. The van der Waals surface area contributed by atoms with Crippen molar-refractivity contribution in [2.45, 2.75) is 13.3 Å². The Bertz CT molecular complexity index is 675. The van der Waals surface area contributed by atoms with E-state index in [1.54, 1.807) is 6.20 Å². The topological polar surface area (TPSA) is 48.5 Å². The Morgan fingerprint density at radius 2 is 1.92 bits per heavy atom. The van der Waals surface area contributed by atoms with Crippen molar-refractivity contribution in [2.75, 3.05) is 44.7 Å². The molecule has 1 aromatic carbocycles. The van der Waals surface area contributed by atoms with Gasteiger partial charge in [0.25, 0.3) is 5.91 Å². The molecule has 1 fully saturated rings. The van der Waals surface area contributed by atoms with Gasteiger partial charge in [-0.3, -0.25) is 4.79 Å². The number of nitrogens with zero attached hydrogens (tertiary/aromatic N) is 3. The maximum absolute atomic E-state index is 12.0. The second kappa shape index (κ2) is 7.77. The highest BCUT2D eigenvalue weighted by atomic mass is 32.1. The van der Waals surface area contributed by atoms with Gasteiger partial charge in [0.15, 0.2) is 0 Å². The van der Waals surface area contributed by atoms with Crippen LogP contribution in [0.3, 0.4) is 0 Å². The Morgan fingerprint density at radius 1 is 1.21 bits per heavy atom. The fourth-order valence-electron chi connectivity index (χ4n) is 2.72. The monoisotopic (exact) mass is 344 g/mol. The molecule has 2 aromatic rings. The quantitative estimate of drug-likeness (QED) is 0.906. The fraction of sp³-hybridized carbons (Fsp3) is 0.444. The Hall–Kier alpha value is -1.92. The second-order valence-electron chi connectivity index (χ2n) is 6.12. The molecule has 2 heterocycles. The highest BCUT2D eigenvalue weighted by molar-refractivity contribution is 7.16. The zero-order valence-corrected chi connectivity index (χ0v) is 15.1. The molecule has 0 spiro atoms. The van der Waals surface area contributed by atoms with Crippen molar-refractivity contribution in [3.63, 3.8) is 0 Å². The summed E-state index contributed by atoms with van der Waals surface area (Å²) in [5.74, 6) is -0.0327. The molecule has 3 rings (SSSR count). The molecule has 0 aliphatic carbocycles. The maximum Gasteiger partial charge on any atom is 0.263 e. The minimum absolute atomic E-state index is 0.0327. The zero-order valence-electron chi connectivity index (χ0n) is 14.3. The van der Waals surface area contributed by atoms with E-state index in [1.807, 2.05) is 6.92 Å². The second-order valence-corrected chi connectivity index (χ2v) is 7.15. The summed E-state index contributed by atoms with van der Waals surface area (Å²) < 4.78 is 0. The van der Waals surface area contributed by atoms with Gasteiger partial charge in [0.05, 0.1) is 6.20 Å². The van der Waals surface area contributed by atoms with E-state index < -0.39 is 0 Å². The number of benzene rings is 1. The van der Waals surface area contributed by atoms with Crippen LogP contribution in [0.2, 0.25) is 0 Å². The van der Waals surface area contributed by atoms with Gasteiger partial charge in [0, 0.05) is 44.0 Å². The summed E-state index contributed by atoms with van der Waals surface area (Å²) in [6.45, 7) is 7.07. The van der Waals surface area contributed by atoms with E-state index in [0.717, 1.165) is 43.2 Å². The van der Waals surface area contributed by atoms with Crippen LogP contribution in [0.4, 0.5) is 5.69 Å². The number of anilines is 1. The van der Waals surface area contributed by atoms with Gasteiger partial charge in [-0.15, -0.1) is 11.3 Å². The van der Waals surface area contributed by atoms with Crippen LogP contribution in [0.1, 0.15) is 23.0 Å². The number of amides is 1. The largest absolute Gasteiger partial charge is 0.369 e. The molecule has 0 saturated carbocycles. The van der Waals surface area contributed by atoms with E-state index in [-0.39, 0.29) is 5.91 Å². The van der Waals surface area contributed by atoms with E-state index in [9.17, 15) is 4.79 Å². The van der Waals surface area contributed by atoms with Crippen molar-refractivity contribution in [3.05, 3.63) is 35.3 Å². The van der Waals surface area contributed by atoms with Crippen molar-refractivity contribution in [1.82, 2.24) is 15.2 Å². The molecule has 0 atom stereocenters. The molecule has 128 valence electrons. The molecular formula is C18H24N4OS. The van der Waals surface area contributed by atoms with Crippen molar-refractivity contribution < 1.29 is 4.79 Å². The number of carbonyl (C=O) groups excluding carboxylic acids is 1. The van der Waals surface area contributed by atoms with Gasteiger partial charge in [0.1, 0.15) is 9.88 Å². The number of hydrogen-bond acceptors (Lipinski definition) is 5. The minimum atomic E-state index is -0.0327. The maximum atomic E-state index is 12.0. The molecule has 0 bridgehead atoms. The zero-order chi connectivity index (χ0) is 16.9. The summed E-state index contributed by atoms with van der Waals surface area (Å²) >= 11 is 1.44. The van der Waals surface area contributed by atoms with E-state index in [4.69, 9.17) is 0 Å². The van der Waals surface area contributed by atoms with E-state index in [0.29, 0.717) is 11.4 Å². The van der Waals surface area contributed by atoms with Gasteiger partial charge < -0.3 is 15.1 Å². The summed E-state index contributed by atoms with van der Waals surface area (Å²) in [5.41, 5.74) is 2.32. The van der Waals surface area contributed by atoms with Crippen molar-refractivity contribution in [2.24, 2.45) is 0 Å². The van der Waals surface area contributed by atoms with Crippen LogP contribution in [-0.4, -0.2) is 55.6 Å². The van der Waals surface area contributed by atoms with Gasteiger partial charge in [-0.05, 0) is 37.7 Å². The van der Waals surface area contributed by atoms with E-state index in [2.05, 4.69) is 51.4 Å². The number of piperazine rings is 1. The van der Waals surface area contributed by atoms with Gasteiger partial charge in [-0.2, -0.15) is 0 Å². The molecule has 24 heavy (non-hydrogen) atoms. The lowest BCUT2D eigenvalue weighted by molar-refractivity contribution is 0.0957. The lowest BCUT2D eigenvalue weighted by Crippen LogP contribution is -2.44. The molecule has 6 heteroatoms. The van der Waals surface area contributed by atoms with Crippen molar-refractivity contribution in [3.8, 4) is 10.6 Å². The predicted octanol–water partition coefficient (Wildman–Crippen LogP) is 2.70. The standard InChI is InChI=1S/C18H24N4OS/c1-3-8-19-17(23)16-13-20-18(24-16)14-4-6-15(7-5-14)22-11-9-21(2)10-12-22/h4-7,13H,3,8-12H2,1-2H3,(H,19,23). The first-order chi connectivity index (χ1) is 11.7. The van der Waals surface area contributed by atoms with Gasteiger partial charge in [-0.1, -0.05) is 6.92 Å². The number of aromatic nitrogens is 1. The summed E-state index contributed by atoms with van der Waals surface area (Å²) in [6.07, 6.45) is 2.60. The normalized spacial score (nSPS) is 15.5. The number of hydrogen-bond donors (Lipinski definition) is 1. The van der Waals surface area contributed by atoms with Crippen LogP contribution >= 0.6 is 11.3 Å². The average Bonchev–Trinajstić information content (AvgIpc) is 3.11. The third-order valence-corrected chi connectivity index (χ3v) is 5.29. The van der Waals surface area contributed by atoms with Crippen LogP contribution in [0.25, 0.3) is 10.6 Å². The minimum Gasteiger partial charge on any atom is -0.369 e. The molecular weight excluding hydrogens is 320 g/mol. The highest BCUT2D eigenvalue weighted by Crippen LogP contribution is 2.27. The molecule has 1 aromatic heterocycles. The first-order valence-corrected chi connectivity index (χ1v) is 9.27. The van der Waals surface area contributed by atoms with Crippen LogP contribution in [0.5, 0.6) is 0 Å². The number of carbonyl (C=O) groups is 1. The summed E-state index contributed by atoms with van der Waals surface area (Å²) in [5, 5.41) is 3.78. The number of thiazole rings is 1. The third-order valence-electron chi connectivity index (χ3n) is 4.25. The van der Waals surface area contributed by atoms with Gasteiger partial charge in [0.2, 0.25) is 0 Å². The van der Waals surface area contributed by atoms with Crippen LogP contribution in [0, 0.1) is 0 Å². The smallest absolute Gasteiger partial charge is 0.263 e. The Labute approximate surface area is 147 Å². The summed E-state index contributed by atoms with van der Waals surface area (Å²) in [7, 11) is 2.16. The van der Waals surface area contributed by atoms with Crippen molar-refractivity contribution in [1.29, 1.82) is 0 Å². The Kier molecular flexibility index (Phi) is 5.48. The Balaban J connectivity index is 1.67. The molecule has 1 saturated heterocycles. The molecule has 1 amide bonds. The Morgan fingerprint density at radius 3 is 2.58 bits per heavy atom. The van der Waals surface area contributed by atoms with Crippen LogP contribution in [0.15, 0.2) is 30.5 Å². The molecule has 1 N–H and O–H groups in total. The van der Waals surface area contributed by atoms with E-state index >= 15 is 0 Å². The van der Waals surface area contributed by atoms with Gasteiger partial charge in [-0.25, -0.2) is 4.98 Å². The summed E-state index contributed by atoms with van der Waals surface area (Å²) in [6, 6.07) is 8.50. The third kappa shape index (κ3) is 3.94. The van der Waals surface area contributed by atoms with Crippen LogP contribution in [-0.2, 0) is 0 Å².